The monoisotopic (exact) mass is 441 g/mol. The molecule has 6 heteroatoms. The molecule has 0 fully saturated rings. The average Bonchev–Trinajstić information content (AvgIpc) is 3.05. The second-order valence-corrected chi connectivity index (χ2v) is 8.78. The second kappa shape index (κ2) is 9.92. The van der Waals surface area contributed by atoms with Crippen LogP contribution in [0.3, 0.4) is 0 Å². The Bertz CT molecular complexity index is 1040. The van der Waals surface area contributed by atoms with Crippen molar-refractivity contribution in [2.45, 2.75) is 33.1 Å². The number of thiophene rings is 1. The lowest BCUT2D eigenvalue weighted by atomic mass is 10.0. The van der Waals surface area contributed by atoms with Crippen molar-refractivity contribution >= 4 is 39.8 Å². The Morgan fingerprint density at radius 2 is 1.70 bits per heavy atom. The highest BCUT2D eigenvalue weighted by Gasteiger charge is 2.25. The van der Waals surface area contributed by atoms with Gasteiger partial charge in [0, 0.05) is 21.9 Å². The molecule has 1 amide bonds. The van der Waals surface area contributed by atoms with Crippen LogP contribution in [-0.2, 0) is 16.0 Å². The number of hydrogen-bond donors (Lipinski definition) is 1. The molecule has 0 atom stereocenters. The van der Waals surface area contributed by atoms with Gasteiger partial charge < -0.3 is 10.1 Å². The molecule has 0 saturated heterocycles. The number of halogens is 1. The first kappa shape index (κ1) is 22.1. The lowest BCUT2D eigenvalue weighted by molar-refractivity contribution is -0.116. The smallest absolute Gasteiger partial charge is 0.341 e. The van der Waals surface area contributed by atoms with Crippen molar-refractivity contribution in [3.63, 3.8) is 0 Å². The molecule has 0 bridgehead atoms. The number of rotatable bonds is 7. The molecular formula is C24H24ClNO3S. The van der Waals surface area contributed by atoms with E-state index in [1.807, 2.05) is 62.4 Å². The summed E-state index contributed by atoms with van der Waals surface area (Å²) in [5.74, 6) is -0.572. The van der Waals surface area contributed by atoms with Crippen LogP contribution in [0, 0.1) is 13.8 Å². The van der Waals surface area contributed by atoms with Gasteiger partial charge in [0.1, 0.15) is 10.6 Å². The fourth-order valence-corrected chi connectivity index (χ4v) is 4.50. The minimum atomic E-state index is -0.452. The van der Waals surface area contributed by atoms with E-state index < -0.39 is 5.97 Å². The molecule has 3 rings (SSSR count). The molecule has 30 heavy (non-hydrogen) atoms. The van der Waals surface area contributed by atoms with E-state index in [0.717, 1.165) is 33.6 Å². The number of amides is 1. The molecule has 1 heterocycles. The van der Waals surface area contributed by atoms with E-state index in [9.17, 15) is 9.59 Å². The van der Waals surface area contributed by atoms with Crippen LogP contribution in [0.1, 0.15) is 39.2 Å². The maximum atomic E-state index is 12.5. The van der Waals surface area contributed by atoms with Gasteiger partial charge >= 0.3 is 5.97 Å². The summed E-state index contributed by atoms with van der Waals surface area (Å²) in [6, 6.07) is 15.6. The number of benzene rings is 2. The fourth-order valence-electron chi connectivity index (χ4n) is 3.29. The summed E-state index contributed by atoms with van der Waals surface area (Å²) in [4.78, 5) is 26.0. The Kier molecular flexibility index (Phi) is 7.29. The zero-order valence-corrected chi connectivity index (χ0v) is 18.8. The number of methoxy groups -OCH3 is 1. The van der Waals surface area contributed by atoms with Crippen LogP contribution in [0.15, 0.2) is 48.5 Å². The molecule has 0 radical (unpaired) electrons. The molecule has 1 aromatic heterocycles. The van der Waals surface area contributed by atoms with Gasteiger partial charge in [-0.2, -0.15) is 0 Å². The van der Waals surface area contributed by atoms with Crippen molar-refractivity contribution in [1.82, 2.24) is 0 Å². The average molecular weight is 442 g/mol. The van der Waals surface area contributed by atoms with Crippen LogP contribution in [0.5, 0.6) is 0 Å². The van der Waals surface area contributed by atoms with Crippen molar-refractivity contribution in [1.29, 1.82) is 0 Å². The molecule has 156 valence electrons. The molecule has 1 N–H and O–H groups in total. The van der Waals surface area contributed by atoms with E-state index in [-0.39, 0.29) is 5.91 Å². The Morgan fingerprint density at radius 1 is 1.03 bits per heavy atom. The molecule has 0 aliphatic heterocycles. The van der Waals surface area contributed by atoms with Gasteiger partial charge in [-0.1, -0.05) is 53.6 Å². The van der Waals surface area contributed by atoms with Gasteiger partial charge in [0.2, 0.25) is 5.91 Å². The predicted molar refractivity (Wildman–Crippen MR) is 124 cm³/mol. The summed E-state index contributed by atoms with van der Waals surface area (Å²) in [6.45, 7) is 3.96. The van der Waals surface area contributed by atoms with Crippen molar-refractivity contribution in [2.75, 3.05) is 12.4 Å². The molecule has 0 saturated carbocycles. The minimum absolute atomic E-state index is 0.120. The maximum Gasteiger partial charge on any atom is 0.341 e. The van der Waals surface area contributed by atoms with E-state index in [2.05, 4.69) is 5.32 Å². The molecule has 0 aliphatic carbocycles. The van der Waals surface area contributed by atoms with E-state index in [1.165, 1.54) is 18.4 Å². The maximum absolute atomic E-state index is 12.5. The highest BCUT2D eigenvalue weighted by molar-refractivity contribution is 7.17. The quantitative estimate of drug-likeness (QED) is 0.429. The highest BCUT2D eigenvalue weighted by atomic mass is 35.5. The first-order chi connectivity index (χ1) is 14.4. The van der Waals surface area contributed by atoms with Crippen molar-refractivity contribution in [3.8, 4) is 11.1 Å². The minimum Gasteiger partial charge on any atom is -0.465 e. The topological polar surface area (TPSA) is 55.4 Å². The number of aryl methyl sites for hydroxylation is 3. The van der Waals surface area contributed by atoms with Gasteiger partial charge in [-0.15, -0.1) is 11.3 Å². The molecule has 2 aromatic carbocycles. The molecular weight excluding hydrogens is 418 g/mol. The summed E-state index contributed by atoms with van der Waals surface area (Å²) in [7, 11) is 1.35. The number of ether oxygens (including phenoxy) is 1. The number of hydrogen-bond acceptors (Lipinski definition) is 4. The Balaban J connectivity index is 1.75. The van der Waals surface area contributed by atoms with E-state index in [0.29, 0.717) is 28.4 Å². The van der Waals surface area contributed by atoms with E-state index in [4.69, 9.17) is 16.3 Å². The summed E-state index contributed by atoms with van der Waals surface area (Å²) >= 11 is 7.30. The van der Waals surface area contributed by atoms with Crippen molar-refractivity contribution in [2.24, 2.45) is 0 Å². The van der Waals surface area contributed by atoms with Crippen LogP contribution < -0.4 is 5.32 Å². The summed E-state index contributed by atoms with van der Waals surface area (Å²) in [5, 5.41) is 4.15. The zero-order valence-electron chi connectivity index (χ0n) is 17.3. The van der Waals surface area contributed by atoms with Crippen molar-refractivity contribution in [3.05, 3.63) is 75.1 Å². The van der Waals surface area contributed by atoms with Crippen LogP contribution in [0.4, 0.5) is 5.00 Å². The van der Waals surface area contributed by atoms with Gasteiger partial charge in [-0.3, -0.25) is 4.79 Å². The predicted octanol–water partition coefficient (Wildman–Crippen LogP) is 6.43. The molecule has 0 spiro atoms. The third kappa shape index (κ3) is 5.29. The Labute approximate surface area is 185 Å². The summed E-state index contributed by atoms with van der Waals surface area (Å²) < 4.78 is 5.01. The number of nitrogens with one attached hydrogen (secondary N) is 1. The van der Waals surface area contributed by atoms with Crippen LogP contribution >= 0.6 is 22.9 Å². The third-order valence-electron chi connectivity index (χ3n) is 4.85. The van der Waals surface area contributed by atoms with Gasteiger partial charge in [-0.25, -0.2) is 4.79 Å². The first-order valence-corrected chi connectivity index (χ1v) is 10.9. The lowest BCUT2D eigenvalue weighted by Gasteiger charge is -2.09. The number of esters is 1. The second-order valence-electron chi connectivity index (χ2n) is 7.12. The van der Waals surface area contributed by atoms with Crippen molar-refractivity contribution < 1.29 is 14.3 Å². The van der Waals surface area contributed by atoms with Crippen LogP contribution in [0.25, 0.3) is 11.1 Å². The summed E-state index contributed by atoms with van der Waals surface area (Å²) in [6.07, 6.45) is 1.85. The van der Waals surface area contributed by atoms with E-state index >= 15 is 0 Å². The molecule has 3 aromatic rings. The van der Waals surface area contributed by atoms with Gasteiger partial charge in [0.15, 0.2) is 0 Å². The largest absolute Gasteiger partial charge is 0.465 e. The Morgan fingerprint density at radius 3 is 2.33 bits per heavy atom. The number of anilines is 1. The normalized spacial score (nSPS) is 10.7. The molecule has 4 nitrogen and oxygen atoms in total. The number of carbonyl (C=O) groups excluding carboxylic acids is 2. The SMILES string of the molecule is COC(=O)c1c(NC(=O)CCCc2ccc(Cl)cc2)sc(C)c1-c1ccc(C)cc1. The first-order valence-electron chi connectivity index (χ1n) is 9.72. The fraction of sp³-hybridized carbons (Fsp3) is 0.250. The lowest BCUT2D eigenvalue weighted by Crippen LogP contribution is -2.14. The Hall–Kier alpha value is -2.63. The highest BCUT2D eigenvalue weighted by Crippen LogP contribution is 2.40. The van der Waals surface area contributed by atoms with Crippen LogP contribution in [-0.4, -0.2) is 19.0 Å². The molecule has 0 aliphatic rings. The number of carbonyl (C=O) groups is 2. The van der Waals surface area contributed by atoms with Gasteiger partial charge in [0.05, 0.1) is 7.11 Å². The third-order valence-corrected chi connectivity index (χ3v) is 6.12. The van der Waals surface area contributed by atoms with Gasteiger partial charge in [0.25, 0.3) is 0 Å². The molecule has 0 unspecified atom stereocenters. The standard InChI is InChI=1S/C24H24ClNO3S/c1-15-7-11-18(12-8-15)21-16(2)30-23(22(21)24(28)29-3)26-20(27)6-4-5-17-9-13-19(25)14-10-17/h7-14H,4-6H2,1-3H3,(H,26,27). The summed E-state index contributed by atoms with van der Waals surface area (Å²) in [5.41, 5.74) is 4.42. The van der Waals surface area contributed by atoms with E-state index in [1.54, 1.807) is 0 Å². The van der Waals surface area contributed by atoms with Crippen LogP contribution in [0.2, 0.25) is 5.02 Å². The zero-order chi connectivity index (χ0) is 21.7. The van der Waals surface area contributed by atoms with Gasteiger partial charge in [-0.05, 0) is 49.9 Å².